The molecule has 0 radical (unpaired) electrons. The molecule has 0 spiro atoms. The molecule has 0 saturated carbocycles. The fraction of sp³-hybridized carbons (Fsp3) is 0.154. The van der Waals surface area contributed by atoms with Crippen molar-refractivity contribution in [2.75, 3.05) is 6.61 Å². The van der Waals surface area contributed by atoms with Crippen LogP contribution in [0.2, 0.25) is 0 Å². The fourth-order valence-electron chi connectivity index (χ4n) is 1.51. The zero-order chi connectivity index (χ0) is 15.3. The minimum atomic E-state index is -3.69. The lowest BCUT2D eigenvalue weighted by atomic mass is 10.3. The van der Waals surface area contributed by atoms with E-state index < -0.39 is 10.0 Å². The van der Waals surface area contributed by atoms with Crippen molar-refractivity contribution in [2.45, 2.75) is 10.8 Å². The number of carbonyl (C=O) groups is 1. The van der Waals surface area contributed by atoms with E-state index in [1.165, 1.54) is 6.07 Å². The average molecular weight is 326 g/mol. The Labute approximate surface area is 126 Å². The van der Waals surface area contributed by atoms with Crippen molar-refractivity contribution in [2.24, 2.45) is 5.14 Å². The van der Waals surface area contributed by atoms with Gasteiger partial charge in [0.2, 0.25) is 10.0 Å². The SMILES string of the molecule is NS(=O)(=O)c1ccc(CNC(=O)COc2ccccc2)s1. The largest absolute Gasteiger partial charge is 0.484 e. The molecule has 21 heavy (non-hydrogen) atoms. The third kappa shape index (κ3) is 4.85. The molecule has 2 aromatic rings. The first-order chi connectivity index (χ1) is 9.95. The first-order valence-electron chi connectivity index (χ1n) is 6.01. The van der Waals surface area contributed by atoms with E-state index in [1.807, 2.05) is 18.2 Å². The molecule has 0 saturated heterocycles. The third-order valence-corrected chi connectivity index (χ3v) is 5.01. The Morgan fingerprint density at radius 2 is 1.90 bits per heavy atom. The number of primary sulfonamides is 1. The molecule has 3 N–H and O–H groups in total. The number of benzene rings is 1. The van der Waals surface area contributed by atoms with Gasteiger partial charge in [-0.3, -0.25) is 4.79 Å². The molecule has 6 nitrogen and oxygen atoms in total. The lowest BCUT2D eigenvalue weighted by Gasteiger charge is -2.06. The molecular weight excluding hydrogens is 312 g/mol. The van der Waals surface area contributed by atoms with Gasteiger partial charge < -0.3 is 10.1 Å². The summed E-state index contributed by atoms with van der Waals surface area (Å²) in [5.74, 6) is 0.324. The van der Waals surface area contributed by atoms with Gasteiger partial charge in [0.25, 0.3) is 5.91 Å². The summed E-state index contributed by atoms with van der Waals surface area (Å²) in [5, 5.41) is 7.66. The summed E-state index contributed by atoms with van der Waals surface area (Å²) in [6.45, 7) is 0.134. The van der Waals surface area contributed by atoms with Crippen LogP contribution in [-0.2, 0) is 21.4 Å². The first kappa shape index (κ1) is 15.5. The summed E-state index contributed by atoms with van der Waals surface area (Å²) in [4.78, 5) is 12.3. The van der Waals surface area contributed by atoms with Gasteiger partial charge >= 0.3 is 0 Å². The van der Waals surface area contributed by atoms with E-state index in [9.17, 15) is 13.2 Å². The van der Waals surface area contributed by atoms with Crippen molar-refractivity contribution in [1.82, 2.24) is 5.32 Å². The normalized spacial score (nSPS) is 11.1. The molecule has 1 heterocycles. The second-order valence-electron chi connectivity index (χ2n) is 4.14. The zero-order valence-electron chi connectivity index (χ0n) is 11.0. The van der Waals surface area contributed by atoms with E-state index in [1.54, 1.807) is 18.2 Å². The zero-order valence-corrected chi connectivity index (χ0v) is 12.6. The van der Waals surface area contributed by atoms with E-state index >= 15 is 0 Å². The van der Waals surface area contributed by atoms with Crippen LogP contribution in [0.4, 0.5) is 0 Å². The molecular formula is C13H14N2O4S2. The van der Waals surface area contributed by atoms with Crippen molar-refractivity contribution in [3.63, 3.8) is 0 Å². The first-order valence-corrected chi connectivity index (χ1v) is 8.37. The number of ether oxygens (including phenoxy) is 1. The number of sulfonamides is 1. The highest BCUT2D eigenvalue weighted by Crippen LogP contribution is 2.19. The van der Waals surface area contributed by atoms with Crippen LogP contribution in [0.1, 0.15) is 4.88 Å². The van der Waals surface area contributed by atoms with E-state index in [4.69, 9.17) is 9.88 Å². The number of amides is 1. The third-order valence-electron chi connectivity index (χ3n) is 2.49. The highest BCUT2D eigenvalue weighted by atomic mass is 32.2. The van der Waals surface area contributed by atoms with Gasteiger partial charge in [-0.15, -0.1) is 11.3 Å². The van der Waals surface area contributed by atoms with Gasteiger partial charge in [0.1, 0.15) is 9.96 Å². The summed E-state index contributed by atoms with van der Waals surface area (Å²) in [5.41, 5.74) is 0. The van der Waals surface area contributed by atoms with Crippen molar-refractivity contribution in [3.05, 3.63) is 47.3 Å². The maximum absolute atomic E-state index is 11.6. The predicted molar refractivity (Wildman–Crippen MR) is 79.5 cm³/mol. The van der Waals surface area contributed by atoms with Crippen molar-refractivity contribution < 1.29 is 17.9 Å². The summed E-state index contributed by atoms with van der Waals surface area (Å²) in [6.07, 6.45) is 0. The van der Waals surface area contributed by atoms with Crippen LogP contribution in [0.5, 0.6) is 5.75 Å². The van der Waals surface area contributed by atoms with Gasteiger partial charge in [0, 0.05) is 4.88 Å². The monoisotopic (exact) mass is 326 g/mol. The molecule has 0 aliphatic rings. The van der Waals surface area contributed by atoms with Gasteiger partial charge in [-0.1, -0.05) is 18.2 Å². The molecule has 112 valence electrons. The molecule has 0 fully saturated rings. The Kier molecular flexibility index (Phi) is 4.94. The quantitative estimate of drug-likeness (QED) is 0.830. The molecule has 0 bridgehead atoms. The second-order valence-corrected chi connectivity index (χ2v) is 7.10. The molecule has 1 amide bonds. The number of para-hydroxylation sites is 1. The number of nitrogens with one attached hydrogen (secondary N) is 1. The number of rotatable bonds is 6. The number of nitrogens with two attached hydrogens (primary N) is 1. The summed E-state index contributed by atoms with van der Waals surface area (Å²) in [6, 6.07) is 12.0. The van der Waals surface area contributed by atoms with Gasteiger partial charge in [-0.2, -0.15) is 0 Å². The highest BCUT2D eigenvalue weighted by Gasteiger charge is 2.11. The summed E-state index contributed by atoms with van der Waals surface area (Å²) in [7, 11) is -3.69. The summed E-state index contributed by atoms with van der Waals surface area (Å²) < 4.78 is 27.6. The molecule has 1 aromatic heterocycles. The Morgan fingerprint density at radius 1 is 1.19 bits per heavy atom. The topological polar surface area (TPSA) is 98.5 Å². The Balaban J connectivity index is 1.80. The average Bonchev–Trinajstić information content (AvgIpc) is 2.93. The lowest BCUT2D eigenvalue weighted by molar-refractivity contribution is -0.123. The van der Waals surface area contributed by atoms with Crippen molar-refractivity contribution in [3.8, 4) is 5.75 Å². The van der Waals surface area contributed by atoms with E-state index in [0.29, 0.717) is 10.6 Å². The molecule has 0 unspecified atom stereocenters. The van der Waals surface area contributed by atoms with E-state index in [2.05, 4.69) is 5.32 Å². The van der Waals surface area contributed by atoms with Crippen LogP contribution in [-0.4, -0.2) is 20.9 Å². The van der Waals surface area contributed by atoms with Crippen LogP contribution in [0.3, 0.4) is 0 Å². The molecule has 0 atom stereocenters. The van der Waals surface area contributed by atoms with Crippen LogP contribution in [0.15, 0.2) is 46.7 Å². The fourth-order valence-corrected chi connectivity index (χ4v) is 3.23. The molecule has 0 aliphatic heterocycles. The van der Waals surface area contributed by atoms with Crippen LogP contribution in [0.25, 0.3) is 0 Å². The highest BCUT2D eigenvalue weighted by molar-refractivity contribution is 7.91. The number of hydrogen-bond donors (Lipinski definition) is 2. The van der Waals surface area contributed by atoms with Crippen molar-refractivity contribution in [1.29, 1.82) is 0 Å². The summed E-state index contributed by atoms with van der Waals surface area (Å²) >= 11 is 1.03. The lowest BCUT2D eigenvalue weighted by Crippen LogP contribution is -2.28. The molecule has 0 aliphatic carbocycles. The van der Waals surface area contributed by atoms with E-state index in [-0.39, 0.29) is 23.3 Å². The van der Waals surface area contributed by atoms with Crippen molar-refractivity contribution >= 4 is 27.3 Å². The van der Waals surface area contributed by atoms with Crippen LogP contribution >= 0.6 is 11.3 Å². The Morgan fingerprint density at radius 3 is 2.52 bits per heavy atom. The van der Waals surface area contributed by atoms with E-state index in [0.717, 1.165) is 11.3 Å². The standard InChI is InChI=1S/C13H14N2O4S2/c14-21(17,18)13-7-6-11(20-13)8-15-12(16)9-19-10-4-2-1-3-5-10/h1-7H,8-9H2,(H,15,16)(H2,14,17,18). The minimum absolute atomic E-state index is 0.0762. The van der Waals surface area contributed by atoms with Gasteiger partial charge in [0.05, 0.1) is 6.54 Å². The van der Waals surface area contributed by atoms with Gasteiger partial charge in [-0.05, 0) is 24.3 Å². The Bertz CT molecular complexity index is 711. The van der Waals surface area contributed by atoms with Crippen LogP contribution < -0.4 is 15.2 Å². The Hall–Kier alpha value is -1.90. The molecule has 2 rings (SSSR count). The number of carbonyl (C=O) groups excluding carboxylic acids is 1. The maximum Gasteiger partial charge on any atom is 0.258 e. The van der Waals surface area contributed by atoms with Gasteiger partial charge in [-0.25, -0.2) is 13.6 Å². The predicted octanol–water partition coefficient (Wildman–Crippen LogP) is 1.09. The maximum atomic E-state index is 11.6. The van der Waals surface area contributed by atoms with Crippen LogP contribution in [0, 0.1) is 0 Å². The second kappa shape index (κ2) is 6.70. The smallest absolute Gasteiger partial charge is 0.258 e. The number of hydrogen-bond acceptors (Lipinski definition) is 5. The molecule has 8 heteroatoms. The minimum Gasteiger partial charge on any atom is -0.484 e. The van der Waals surface area contributed by atoms with Gasteiger partial charge in [0.15, 0.2) is 6.61 Å². The molecule has 1 aromatic carbocycles. The number of thiophene rings is 1.